The molecule has 0 spiro atoms. The van der Waals surface area contributed by atoms with E-state index in [0.717, 1.165) is 11.3 Å². The number of anilines is 1. The van der Waals surface area contributed by atoms with Gasteiger partial charge < -0.3 is 14.5 Å². The molecule has 0 atom stereocenters. The van der Waals surface area contributed by atoms with Crippen LogP contribution in [0.15, 0.2) is 12.1 Å². The standard InChI is InChI=1S/C17H25N3O4/c1-12-10-13(2)15(20(22)23)11-14(12)18-6-8-19(9-7-18)16(21)24-17(3,4)5/h10-11H,6-9H2,1-5H3. The number of nitrogens with zero attached hydrogens (tertiary/aromatic N) is 3. The van der Waals surface area contributed by atoms with Crippen LogP contribution in [0.25, 0.3) is 0 Å². The Morgan fingerprint density at radius 1 is 1.12 bits per heavy atom. The lowest BCUT2D eigenvalue weighted by Crippen LogP contribution is -2.50. The Labute approximate surface area is 142 Å². The van der Waals surface area contributed by atoms with Gasteiger partial charge in [0.2, 0.25) is 0 Å². The highest BCUT2D eigenvalue weighted by atomic mass is 16.6. The summed E-state index contributed by atoms with van der Waals surface area (Å²) >= 11 is 0. The summed E-state index contributed by atoms with van der Waals surface area (Å²) in [6.07, 6.45) is -0.311. The van der Waals surface area contributed by atoms with E-state index in [-0.39, 0.29) is 16.7 Å². The van der Waals surface area contributed by atoms with E-state index in [1.165, 1.54) is 0 Å². The molecule has 1 amide bonds. The largest absolute Gasteiger partial charge is 0.444 e. The highest BCUT2D eigenvalue weighted by Gasteiger charge is 2.27. The number of piperazine rings is 1. The number of ether oxygens (including phenoxy) is 1. The summed E-state index contributed by atoms with van der Waals surface area (Å²) in [4.78, 5) is 26.7. The maximum Gasteiger partial charge on any atom is 0.410 e. The molecule has 0 N–H and O–H groups in total. The van der Waals surface area contributed by atoms with E-state index in [0.29, 0.717) is 31.7 Å². The fourth-order valence-corrected chi connectivity index (χ4v) is 2.82. The fourth-order valence-electron chi connectivity index (χ4n) is 2.82. The molecule has 24 heavy (non-hydrogen) atoms. The molecule has 0 bridgehead atoms. The third-order valence-electron chi connectivity index (χ3n) is 3.98. The van der Waals surface area contributed by atoms with Gasteiger partial charge in [0.25, 0.3) is 5.69 Å². The highest BCUT2D eigenvalue weighted by molar-refractivity contribution is 5.69. The van der Waals surface area contributed by atoms with Gasteiger partial charge in [0.1, 0.15) is 5.60 Å². The molecule has 0 saturated carbocycles. The van der Waals surface area contributed by atoms with Crippen molar-refractivity contribution < 1.29 is 14.5 Å². The molecule has 2 rings (SSSR count). The Morgan fingerprint density at radius 3 is 2.21 bits per heavy atom. The second kappa shape index (κ2) is 6.67. The molecule has 132 valence electrons. The van der Waals surface area contributed by atoms with Crippen LogP contribution in [0.3, 0.4) is 0 Å². The summed E-state index contributed by atoms with van der Waals surface area (Å²) in [6.45, 7) is 11.6. The van der Waals surface area contributed by atoms with E-state index in [1.54, 1.807) is 17.9 Å². The third kappa shape index (κ3) is 4.15. The van der Waals surface area contributed by atoms with Crippen LogP contribution < -0.4 is 4.90 Å². The second-order valence-electron chi connectivity index (χ2n) is 7.14. The molecule has 1 aliphatic heterocycles. The van der Waals surface area contributed by atoms with Gasteiger partial charge in [-0.3, -0.25) is 10.1 Å². The van der Waals surface area contributed by atoms with E-state index in [1.807, 2.05) is 33.8 Å². The quantitative estimate of drug-likeness (QED) is 0.612. The lowest BCUT2D eigenvalue weighted by Gasteiger charge is -2.37. The van der Waals surface area contributed by atoms with Crippen LogP contribution in [0.5, 0.6) is 0 Å². The number of benzene rings is 1. The van der Waals surface area contributed by atoms with Crippen LogP contribution in [-0.4, -0.2) is 47.7 Å². The minimum Gasteiger partial charge on any atom is -0.444 e. The summed E-state index contributed by atoms with van der Waals surface area (Å²) < 4.78 is 5.39. The van der Waals surface area contributed by atoms with Crippen LogP contribution in [0, 0.1) is 24.0 Å². The monoisotopic (exact) mass is 335 g/mol. The fraction of sp³-hybridized carbons (Fsp3) is 0.588. The van der Waals surface area contributed by atoms with Gasteiger partial charge in [-0.15, -0.1) is 0 Å². The lowest BCUT2D eigenvalue weighted by atomic mass is 10.1. The minimum absolute atomic E-state index is 0.130. The number of nitro benzene ring substituents is 1. The van der Waals surface area contributed by atoms with Crippen molar-refractivity contribution in [2.24, 2.45) is 0 Å². The van der Waals surface area contributed by atoms with Crippen molar-refractivity contribution in [1.29, 1.82) is 0 Å². The topological polar surface area (TPSA) is 75.9 Å². The molecule has 1 saturated heterocycles. The van der Waals surface area contributed by atoms with Crippen LogP contribution in [-0.2, 0) is 4.74 Å². The summed E-state index contributed by atoms with van der Waals surface area (Å²) in [6, 6.07) is 3.47. The summed E-state index contributed by atoms with van der Waals surface area (Å²) in [5.41, 5.74) is 2.14. The zero-order chi connectivity index (χ0) is 18.1. The molecule has 1 fully saturated rings. The number of hydrogen-bond acceptors (Lipinski definition) is 5. The molecule has 1 aromatic carbocycles. The Kier molecular flexibility index (Phi) is 5.01. The molecular weight excluding hydrogens is 310 g/mol. The van der Waals surface area contributed by atoms with Gasteiger partial charge in [-0.2, -0.15) is 0 Å². The second-order valence-corrected chi connectivity index (χ2v) is 7.14. The van der Waals surface area contributed by atoms with E-state index < -0.39 is 5.60 Å². The van der Waals surface area contributed by atoms with Crippen molar-refractivity contribution in [3.8, 4) is 0 Å². The average Bonchev–Trinajstić information content (AvgIpc) is 2.45. The Balaban J connectivity index is 2.09. The molecule has 1 heterocycles. The molecule has 0 unspecified atom stereocenters. The van der Waals surface area contributed by atoms with E-state index in [4.69, 9.17) is 4.74 Å². The van der Waals surface area contributed by atoms with E-state index in [2.05, 4.69) is 4.90 Å². The average molecular weight is 335 g/mol. The third-order valence-corrected chi connectivity index (χ3v) is 3.98. The highest BCUT2D eigenvalue weighted by Crippen LogP contribution is 2.29. The summed E-state index contributed by atoms with van der Waals surface area (Å²) in [5.74, 6) is 0. The van der Waals surface area contributed by atoms with E-state index >= 15 is 0 Å². The Morgan fingerprint density at radius 2 is 1.71 bits per heavy atom. The first-order valence-corrected chi connectivity index (χ1v) is 8.07. The maximum atomic E-state index is 12.1. The zero-order valence-electron chi connectivity index (χ0n) is 15.0. The molecule has 0 aliphatic carbocycles. The Hall–Kier alpha value is -2.31. The van der Waals surface area contributed by atoms with Gasteiger partial charge in [0.05, 0.1) is 4.92 Å². The molecular formula is C17H25N3O4. The minimum atomic E-state index is -0.512. The summed E-state index contributed by atoms with van der Waals surface area (Å²) in [7, 11) is 0. The van der Waals surface area contributed by atoms with Crippen molar-refractivity contribution in [3.05, 3.63) is 33.4 Å². The smallest absolute Gasteiger partial charge is 0.410 e. The first kappa shape index (κ1) is 18.0. The van der Waals surface area contributed by atoms with Gasteiger partial charge in [0.15, 0.2) is 0 Å². The zero-order valence-corrected chi connectivity index (χ0v) is 15.0. The van der Waals surface area contributed by atoms with Crippen molar-refractivity contribution in [2.75, 3.05) is 31.1 Å². The van der Waals surface area contributed by atoms with Crippen LogP contribution >= 0.6 is 0 Å². The van der Waals surface area contributed by atoms with Crippen molar-refractivity contribution in [1.82, 2.24) is 4.90 Å². The normalized spacial score (nSPS) is 15.4. The molecule has 1 aromatic rings. The lowest BCUT2D eigenvalue weighted by molar-refractivity contribution is -0.385. The first-order valence-electron chi connectivity index (χ1n) is 8.07. The maximum absolute atomic E-state index is 12.1. The number of amides is 1. The van der Waals surface area contributed by atoms with Gasteiger partial charge in [0, 0.05) is 43.5 Å². The summed E-state index contributed by atoms with van der Waals surface area (Å²) in [5, 5.41) is 11.2. The molecule has 7 heteroatoms. The predicted octanol–water partition coefficient (Wildman–Crippen LogP) is 3.27. The van der Waals surface area contributed by atoms with Crippen LogP contribution in [0.2, 0.25) is 0 Å². The first-order chi connectivity index (χ1) is 11.1. The molecule has 7 nitrogen and oxygen atoms in total. The van der Waals surface area contributed by atoms with Gasteiger partial charge >= 0.3 is 6.09 Å². The number of nitro groups is 1. The van der Waals surface area contributed by atoms with Crippen LogP contribution in [0.4, 0.5) is 16.2 Å². The number of aryl methyl sites for hydroxylation is 2. The van der Waals surface area contributed by atoms with Gasteiger partial charge in [-0.1, -0.05) is 0 Å². The molecule has 1 aliphatic rings. The van der Waals surface area contributed by atoms with Crippen molar-refractivity contribution in [3.63, 3.8) is 0 Å². The number of hydrogen-bond donors (Lipinski definition) is 0. The van der Waals surface area contributed by atoms with Gasteiger partial charge in [-0.25, -0.2) is 4.79 Å². The Bertz CT molecular complexity index is 644. The SMILES string of the molecule is Cc1cc(C)c([N+](=O)[O-])cc1N1CCN(C(=O)OC(C)(C)C)CC1. The van der Waals surface area contributed by atoms with Crippen molar-refractivity contribution >= 4 is 17.5 Å². The van der Waals surface area contributed by atoms with Crippen molar-refractivity contribution in [2.45, 2.75) is 40.2 Å². The number of carbonyl (C=O) groups excluding carboxylic acids is 1. The van der Waals surface area contributed by atoms with Crippen LogP contribution in [0.1, 0.15) is 31.9 Å². The molecule has 0 aromatic heterocycles. The predicted molar refractivity (Wildman–Crippen MR) is 92.6 cm³/mol. The number of rotatable bonds is 2. The van der Waals surface area contributed by atoms with E-state index in [9.17, 15) is 14.9 Å². The van der Waals surface area contributed by atoms with Gasteiger partial charge in [-0.05, 0) is 46.2 Å². The number of carbonyl (C=O) groups is 1. The molecule has 0 radical (unpaired) electrons.